The smallest absolute Gasteiger partial charge is 0.289 e. The van der Waals surface area contributed by atoms with E-state index < -0.39 is 0 Å². The van der Waals surface area contributed by atoms with Crippen LogP contribution in [0, 0.1) is 0 Å². The molecule has 0 bridgehead atoms. The first-order chi connectivity index (χ1) is 15.6. The second-order valence-electron chi connectivity index (χ2n) is 7.88. The lowest BCUT2D eigenvalue weighted by atomic mass is 10.1. The maximum Gasteiger partial charge on any atom is 0.289 e. The minimum absolute atomic E-state index is 0.0670. The number of nitrogens with zero attached hydrogens (tertiary/aromatic N) is 4. The number of thiazole rings is 1. The summed E-state index contributed by atoms with van der Waals surface area (Å²) >= 11 is 1.55. The molecule has 1 fully saturated rings. The Morgan fingerprint density at radius 2 is 1.81 bits per heavy atom. The first-order valence-corrected chi connectivity index (χ1v) is 11.7. The first-order valence-electron chi connectivity index (χ1n) is 10.8. The molecule has 1 saturated heterocycles. The molecule has 5 rings (SSSR count). The van der Waals surface area contributed by atoms with E-state index in [-0.39, 0.29) is 11.8 Å². The molecule has 3 aromatic heterocycles. The molecular weight excluding hydrogens is 424 g/mol. The molecule has 0 aliphatic carbocycles. The quantitative estimate of drug-likeness (QED) is 0.466. The van der Waals surface area contributed by atoms with E-state index in [1.807, 2.05) is 20.9 Å². The monoisotopic (exact) mass is 448 g/mol. The normalized spacial score (nSPS) is 14.3. The predicted octanol–water partition coefficient (Wildman–Crippen LogP) is 3.75. The molecule has 7 nitrogen and oxygen atoms in total. The Morgan fingerprint density at radius 3 is 2.50 bits per heavy atom. The van der Waals surface area contributed by atoms with Gasteiger partial charge in [0, 0.05) is 49.0 Å². The van der Waals surface area contributed by atoms with Gasteiger partial charge >= 0.3 is 0 Å². The van der Waals surface area contributed by atoms with E-state index in [4.69, 9.17) is 9.40 Å². The van der Waals surface area contributed by atoms with E-state index in [0.29, 0.717) is 38.4 Å². The highest BCUT2D eigenvalue weighted by molar-refractivity contribution is 7.15. The highest BCUT2D eigenvalue weighted by Gasteiger charge is 2.26. The van der Waals surface area contributed by atoms with Gasteiger partial charge in [0.05, 0.1) is 18.4 Å². The standard InChI is InChI=1S/C24H24N4O3S/c1-2-17-5-7-18(8-6-17)20-15-28-19(16-32-24(28)25-20)14-22(29)26-9-11-27(12-10-26)23(30)21-4-3-13-31-21/h3-8,13,15-16H,2,9-12,14H2,1H3. The van der Waals surface area contributed by atoms with E-state index in [0.717, 1.165) is 28.3 Å². The van der Waals surface area contributed by atoms with E-state index in [1.165, 1.54) is 11.8 Å². The second-order valence-corrected chi connectivity index (χ2v) is 8.72. The van der Waals surface area contributed by atoms with Crippen molar-refractivity contribution in [2.75, 3.05) is 26.2 Å². The zero-order valence-electron chi connectivity index (χ0n) is 17.9. The minimum Gasteiger partial charge on any atom is -0.459 e. The number of imidazole rings is 1. The molecule has 0 unspecified atom stereocenters. The SMILES string of the molecule is CCc1ccc(-c2cn3c(CC(=O)N4CCN(C(=O)c5ccco5)CC4)csc3n2)cc1. The van der Waals surface area contributed by atoms with Gasteiger partial charge in [0.15, 0.2) is 10.7 Å². The lowest BCUT2D eigenvalue weighted by Gasteiger charge is -2.34. The van der Waals surface area contributed by atoms with E-state index in [9.17, 15) is 9.59 Å². The Labute approximate surface area is 189 Å². The van der Waals surface area contributed by atoms with Gasteiger partial charge in [-0.25, -0.2) is 4.98 Å². The Kier molecular flexibility index (Phi) is 5.53. The molecule has 0 saturated carbocycles. The van der Waals surface area contributed by atoms with Crippen LogP contribution in [0.4, 0.5) is 0 Å². The van der Waals surface area contributed by atoms with Crippen LogP contribution in [0.1, 0.15) is 28.7 Å². The zero-order valence-corrected chi connectivity index (χ0v) is 18.7. The average molecular weight is 449 g/mol. The summed E-state index contributed by atoms with van der Waals surface area (Å²) in [5.74, 6) is 0.280. The molecule has 2 amide bonds. The number of carbonyl (C=O) groups excluding carboxylic acids is 2. The largest absolute Gasteiger partial charge is 0.459 e. The van der Waals surface area contributed by atoms with Crippen molar-refractivity contribution in [3.8, 4) is 11.3 Å². The summed E-state index contributed by atoms with van der Waals surface area (Å²) in [6.07, 6.45) is 4.83. The lowest BCUT2D eigenvalue weighted by Crippen LogP contribution is -2.51. The van der Waals surface area contributed by atoms with E-state index in [1.54, 1.807) is 28.4 Å². The number of amides is 2. The number of benzene rings is 1. The van der Waals surface area contributed by atoms with Gasteiger partial charge in [-0.05, 0) is 24.1 Å². The van der Waals surface area contributed by atoms with Crippen molar-refractivity contribution in [3.63, 3.8) is 0 Å². The maximum absolute atomic E-state index is 12.9. The number of aromatic nitrogens is 2. The number of rotatable bonds is 5. The lowest BCUT2D eigenvalue weighted by molar-refractivity contribution is -0.132. The average Bonchev–Trinajstić information content (AvgIpc) is 3.58. The van der Waals surface area contributed by atoms with E-state index in [2.05, 4.69) is 31.2 Å². The van der Waals surface area contributed by atoms with Crippen molar-refractivity contribution in [3.05, 3.63) is 71.3 Å². The summed E-state index contributed by atoms with van der Waals surface area (Å²) in [7, 11) is 0. The molecule has 8 heteroatoms. The maximum atomic E-state index is 12.9. The number of carbonyl (C=O) groups is 2. The Bertz CT molecular complexity index is 1230. The van der Waals surface area contributed by atoms with Crippen LogP contribution in [-0.4, -0.2) is 57.2 Å². The fourth-order valence-corrected chi connectivity index (χ4v) is 4.86. The molecule has 0 spiro atoms. The highest BCUT2D eigenvalue weighted by Crippen LogP contribution is 2.25. The molecule has 1 aliphatic heterocycles. The topological polar surface area (TPSA) is 71.1 Å². The minimum atomic E-state index is -0.125. The van der Waals surface area contributed by atoms with Crippen molar-refractivity contribution in [2.24, 2.45) is 0 Å². The molecular formula is C24H24N4O3S. The van der Waals surface area contributed by atoms with Gasteiger partial charge < -0.3 is 14.2 Å². The molecule has 4 heterocycles. The third-order valence-corrected chi connectivity index (χ3v) is 6.81. The second kappa shape index (κ2) is 8.63. The van der Waals surface area contributed by atoms with Crippen LogP contribution in [0.2, 0.25) is 0 Å². The number of piperazine rings is 1. The third-order valence-electron chi connectivity index (χ3n) is 5.93. The van der Waals surface area contributed by atoms with Crippen LogP contribution in [0.25, 0.3) is 16.2 Å². The summed E-state index contributed by atoms with van der Waals surface area (Å²) in [6, 6.07) is 11.8. The van der Waals surface area contributed by atoms with Crippen molar-refractivity contribution in [2.45, 2.75) is 19.8 Å². The number of fused-ring (bicyclic) bond motifs is 1. The van der Waals surface area contributed by atoms with Gasteiger partial charge in [-0.1, -0.05) is 31.2 Å². The summed E-state index contributed by atoms with van der Waals surface area (Å²) in [4.78, 5) is 34.5. The van der Waals surface area contributed by atoms with E-state index >= 15 is 0 Å². The summed E-state index contributed by atoms with van der Waals surface area (Å²) in [6.45, 7) is 4.21. The highest BCUT2D eigenvalue weighted by atomic mass is 32.1. The van der Waals surface area contributed by atoms with Crippen LogP contribution in [-0.2, 0) is 17.6 Å². The van der Waals surface area contributed by atoms with Gasteiger partial charge in [0.1, 0.15) is 0 Å². The van der Waals surface area contributed by atoms with Gasteiger partial charge in [0.25, 0.3) is 5.91 Å². The molecule has 1 aliphatic rings. The summed E-state index contributed by atoms with van der Waals surface area (Å²) in [5, 5.41) is 2.00. The summed E-state index contributed by atoms with van der Waals surface area (Å²) in [5.41, 5.74) is 4.23. The number of hydrogen-bond acceptors (Lipinski definition) is 5. The molecule has 1 aromatic carbocycles. The van der Waals surface area contributed by atoms with Crippen LogP contribution < -0.4 is 0 Å². The van der Waals surface area contributed by atoms with Crippen LogP contribution in [0.3, 0.4) is 0 Å². The Morgan fingerprint density at radius 1 is 1.06 bits per heavy atom. The van der Waals surface area contributed by atoms with Gasteiger partial charge in [-0.2, -0.15) is 0 Å². The summed E-state index contributed by atoms with van der Waals surface area (Å²) < 4.78 is 7.22. The molecule has 0 atom stereocenters. The fraction of sp³-hybridized carbons (Fsp3) is 0.292. The van der Waals surface area contributed by atoms with Crippen molar-refractivity contribution in [1.29, 1.82) is 0 Å². The molecule has 32 heavy (non-hydrogen) atoms. The van der Waals surface area contributed by atoms with Crippen LogP contribution in [0.5, 0.6) is 0 Å². The van der Waals surface area contributed by atoms with Gasteiger partial charge in [0.2, 0.25) is 5.91 Å². The van der Waals surface area contributed by atoms with Crippen LogP contribution >= 0.6 is 11.3 Å². The van der Waals surface area contributed by atoms with Crippen LogP contribution in [0.15, 0.2) is 58.7 Å². The fourth-order valence-electron chi connectivity index (χ4n) is 3.99. The van der Waals surface area contributed by atoms with Gasteiger partial charge in [-0.15, -0.1) is 11.3 Å². The number of furan rings is 1. The molecule has 0 radical (unpaired) electrons. The zero-order chi connectivity index (χ0) is 22.1. The molecule has 4 aromatic rings. The van der Waals surface area contributed by atoms with Gasteiger partial charge in [-0.3, -0.25) is 14.0 Å². The number of aryl methyl sites for hydroxylation is 1. The van der Waals surface area contributed by atoms with Crippen molar-refractivity contribution in [1.82, 2.24) is 19.2 Å². The molecule has 164 valence electrons. The van der Waals surface area contributed by atoms with Crippen molar-refractivity contribution >= 4 is 28.1 Å². The first kappa shape index (κ1) is 20.5. The van der Waals surface area contributed by atoms with Crippen molar-refractivity contribution < 1.29 is 14.0 Å². The Hall–Kier alpha value is -3.39. The third kappa shape index (κ3) is 3.93. The predicted molar refractivity (Wildman–Crippen MR) is 123 cm³/mol. The molecule has 0 N–H and O–H groups in total. The Balaban J connectivity index is 1.24. The number of hydrogen-bond donors (Lipinski definition) is 0.